The Hall–Kier alpha value is -2.51. The van der Waals surface area contributed by atoms with E-state index in [1.165, 1.54) is 0 Å². The Balaban J connectivity index is 3.37. The molecule has 36 heavy (non-hydrogen) atoms. The van der Waals surface area contributed by atoms with Crippen LogP contribution in [0.3, 0.4) is 0 Å². The van der Waals surface area contributed by atoms with Crippen LogP contribution < -0.4 is 10.6 Å². The van der Waals surface area contributed by atoms with Gasteiger partial charge in [0.1, 0.15) is 13.2 Å². The highest BCUT2D eigenvalue weighted by Crippen LogP contribution is 2.01. The molecule has 0 fully saturated rings. The number of esters is 2. The quantitative estimate of drug-likeness (QED) is 0.0592. The molecule has 0 aliphatic heterocycles. The molecular formula is C24H42N2O10. The number of rotatable bonds is 23. The molecule has 0 aromatic carbocycles. The van der Waals surface area contributed by atoms with Gasteiger partial charge in [0.25, 0.3) is 0 Å². The highest BCUT2D eigenvalue weighted by molar-refractivity contribution is 5.87. The number of amides is 1. The monoisotopic (exact) mass is 518 g/mol. The van der Waals surface area contributed by atoms with Crippen molar-refractivity contribution >= 4 is 18.0 Å². The second kappa shape index (κ2) is 22.9. The van der Waals surface area contributed by atoms with Crippen molar-refractivity contribution in [2.75, 3.05) is 65.9 Å². The molecule has 0 radical (unpaired) electrons. The average Bonchev–Trinajstić information content (AvgIpc) is 2.83. The molecule has 0 aromatic rings. The number of hydrogen-bond donors (Lipinski definition) is 3. The number of nitrogens with one attached hydrogen (secondary N) is 2. The maximum atomic E-state index is 11.6. The SMILES string of the molecule is C=C(C)C(=O)OCCOCCNC(=O)OCCCCCCOC(O)NCCOCCOC(=O)C(=C)C. The molecule has 1 atom stereocenters. The molecule has 208 valence electrons. The summed E-state index contributed by atoms with van der Waals surface area (Å²) in [4.78, 5) is 33.9. The predicted molar refractivity (Wildman–Crippen MR) is 131 cm³/mol. The molecule has 1 amide bonds. The summed E-state index contributed by atoms with van der Waals surface area (Å²) < 4.78 is 30.6. The van der Waals surface area contributed by atoms with Crippen molar-refractivity contribution in [1.82, 2.24) is 10.6 Å². The van der Waals surface area contributed by atoms with Crippen LogP contribution in [0.25, 0.3) is 0 Å². The molecule has 0 aliphatic carbocycles. The zero-order valence-electron chi connectivity index (χ0n) is 21.5. The third-order valence-electron chi connectivity index (χ3n) is 4.25. The van der Waals surface area contributed by atoms with Crippen molar-refractivity contribution in [3.63, 3.8) is 0 Å². The van der Waals surface area contributed by atoms with Crippen LogP contribution in [0.4, 0.5) is 4.79 Å². The zero-order chi connectivity index (χ0) is 27.0. The van der Waals surface area contributed by atoms with Gasteiger partial charge in [-0.15, -0.1) is 0 Å². The fraction of sp³-hybridized carbons (Fsp3) is 0.708. The molecule has 12 nitrogen and oxygen atoms in total. The predicted octanol–water partition coefficient (Wildman–Crippen LogP) is 1.43. The lowest BCUT2D eigenvalue weighted by atomic mass is 10.2. The van der Waals surface area contributed by atoms with Gasteiger partial charge in [-0.1, -0.05) is 19.6 Å². The van der Waals surface area contributed by atoms with E-state index < -0.39 is 24.4 Å². The van der Waals surface area contributed by atoms with Crippen molar-refractivity contribution in [2.24, 2.45) is 0 Å². The van der Waals surface area contributed by atoms with Gasteiger partial charge in [-0.2, -0.15) is 0 Å². The second-order valence-corrected chi connectivity index (χ2v) is 7.71. The molecule has 1 unspecified atom stereocenters. The molecule has 0 bridgehead atoms. The molecule has 0 rings (SSSR count). The highest BCUT2D eigenvalue weighted by Gasteiger charge is 2.05. The van der Waals surface area contributed by atoms with E-state index in [-0.39, 0.29) is 39.6 Å². The minimum Gasteiger partial charge on any atom is -0.460 e. The first-order chi connectivity index (χ1) is 17.2. The standard InChI is InChI=1S/C24H42N2O10/c1-19(2)21(27)33-17-15-31-13-9-25-23(29)35-11-7-5-6-8-12-36-24(30)26-10-14-32-16-18-34-22(28)20(3)4/h23,25,29H,1,3,5-18H2,2,4H3,(H,26,30). The van der Waals surface area contributed by atoms with Crippen LogP contribution in [0.1, 0.15) is 39.5 Å². The number of unbranched alkanes of at least 4 members (excludes halogenated alkanes) is 3. The molecule has 0 spiro atoms. The van der Waals surface area contributed by atoms with Gasteiger partial charge >= 0.3 is 18.0 Å². The summed E-state index contributed by atoms with van der Waals surface area (Å²) in [5, 5.41) is 15.0. The molecule has 0 aliphatic rings. The summed E-state index contributed by atoms with van der Waals surface area (Å²) in [6, 6.07) is 0. The van der Waals surface area contributed by atoms with E-state index in [9.17, 15) is 19.5 Å². The smallest absolute Gasteiger partial charge is 0.407 e. The van der Waals surface area contributed by atoms with E-state index in [1.807, 2.05) is 0 Å². The Morgan fingerprint density at radius 2 is 1.22 bits per heavy atom. The van der Waals surface area contributed by atoms with Crippen LogP contribution in [0, 0.1) is 0 Å². The zero-order valence-corrected chi connectivity index (χ0v) is 21.5. The number of alkyl carbamates (subject to hydrolysis) is 1. The molecule has 0 heterocycles. The lowest BCUT2D eigenvalue weighted by Gasteiger charge is -2.14. The van der Waals surface area contributed by atoms with Gasteiger partial charge in [0.2, 0.25) is 6.41 Å². The topological polar surface area (TPSA) is 151 Å². The first-order valence-corrected chi connectivity index (χ1v) is 12.0. The van der Waals surface area contributed by atoms with E-state index in [4.69, 9.17) is 28.4 Å². The number of hydrogen-bond acceptors (Lipinski definition) is 11. The minimum absolute atomic E-state index is 0.128. The summed E-state index contributed by atoms with van der Waals surface area (Å²) in [5.41, 5.74) is 0.668. The van der Waals surface area contributed by atoms with E-state index >= 15 is 0 Å². The van der Waals surface area contributed by atoms with Crippen molar-refractivity contribution < 1.29 is 47.9 Å². The van der Waals surface area contributed by atoms with Crippen LogP contribution in [0.5, 0.6) is 0 Å². The summed E-state index contributed by atoms with van der Waals surface area (Å²) in [5.74, 6) is -0.909. The van der Waals surface area contributed by atoms with E-state index in [1.54, 1.807) is 13.8 Å². The molecular weight excluding hydrogens is 476 g/mol. The molecule has 0 saturated heterocycles. The van der Waals surface area contributed by atoms with Crippen LogP contribution >= 0.6 is 0 Å². The van der Waals surface area contributed by atoms with Gasteiger partial charge in [-0.05, 0) is 33.1 Å². The first kappa shape index (κ1) is 33.5. The normalized spacial score (nSPS) is 11.4. The molecule has 0 aromatic heterocycles. The summed E-state index contributed by atoms with van der Waals surface area (Å²) in [6.07, 6.45) is 1.61. The minimum atomic E-state index is -1.09. The summed E-state index contributed by atoms with van der Waals surface area (Å²) in [7, 11) is 0. The van der Waals surface area contributed by atoms with Crippen LogP contribution in [0.15, 0.2) is 24.3 Å². The van der Waals surface area contributed by atoms with Crippen molar-refractivity contribution in [2.45, 2.75) is 45.9 Å². The second-order valence-electron chi connectivity index (χ2n) is 7.71. The fourth-order valence-corrected chi connectivity index (χ4v) is 2.34. The van der Waals surface area contributed by atoms with E-state index in [0.717, 1.165) is 25.7 Å². The molecule has 0 saturated carbocycles. The van der Waals surface area contributed by atoms with Crippen molar-refractivity contribution in [3.8, 4) is 0 Å². The van der Waals surface area contributed by atoms with Crippen LogP contribution in [-0.2, 0) is 38.0 Å². The highest BCUT2D eigenvalue weighted by atomic mass is 16.6. The van der Waals surface area contributed by atoms with Gasteiger partial charge in [-0.3, -0.25) is 5.32 Å². The Bertz CT molecular complexity index is 657. The average molecular weight is 519 g/mol. The summed E-state index contributed by atoms with van der Waals surface area (Å²) >= 11 is 0. The summed E-state index contributed by atoms with van der Waals surface area (Å²) in [6.45, 7) is 12.8. The van der Waals surface area contributed by atoms with Gasteiger partial charge in [0, 0.05) is 24.2 Å². The third kappa shape index (κ3) is 22.0. The van der Waals surface area contributed by atoms with Gasteiger partial charge in [0.15, 0.2) is 0 Å². The van der Waals surface area contributed by atoms with E-state index in [2.05, 4.69) is 23.8 Å². The Morgan fingerprint density at radius 1 is 0.694 bits per heavy atom. The molecule has 3 N–H and O–H groups in total. The van der Waals surface area contributed by atoms with Crippen LogP contribution in [0.2, 0.25) is 0 Å². The Kier molecular flexibility index (Phi) is 21.3. The van der Waals surface area contributed by atoms with Gasteiger partial charge in [-0.25, -0.2) is 14.4 Å². The number of aliphatic hydroxyl groups excluding tert-OH is 1. The van der Waals surface area contributed by atoms with Gasteiger partial charge in [0.05, 0.1) is 39.6 Å². The third-order valence-corrected chi connectivity index (χ3v) is 4.25. The van der Waals surface area contributed by atoms with Gasteiger partial charge < -0.3 is 38.8 Å². The number of aliphatic hydroxyl groups is 1. The maximum absolute atomic E-state index is 11.6. The number of ether oxygens (including phenoxy) is 6. The lowest BCUT2D eigenvalue weighted by molar-refractivity contribution is -0.141. The van der Waals surface area contributed by atoms with Crippen molar-refractivity contribution in [3.05, 3.63) is 24.3 Å². The lowest BCUT2D eigenvalue weighted by Crippen LogP contribution is -2.34. The maximum Gasteiger partial charge on any atom is 0.407 e. The Morgan fingerprint density at radius 3 is 1.78 bits per heavy atom. The largest absolute Gasteiger partial charge is 0.460 e. The van der Waals surface area contributed by atoms with Crippen LogP contribution in [-0.4, -0.2) is 95.5 Å². The number of carbonyl (C=O) groups is 3. The first-order valence-electron chi connectivity index (χ1n) is 12.0. The Labute approximate surface area is 213 Å². The fourth-order valence-electron chi connectivity index (χ4n) is 2.34. The molecule has 12 heteroatoms. The van der Waals surface area contributed by atoms with Crippen molar-refractivity contribution in [1.29, 1.82) is 0 Å². The van der Waals surface area contributed by atoms with E-state index in [0.29, 0.717) is 37.5 Å². The number of carbonyl (C=O) groups excluding carboxylic acids is 3.